The van der Waals surface area contributed by atoms with E-state index in [0.29, 0.717) is 6.42 Å². The van der Waals surface area contributed by atoms with Gasteiger partial charge in [-0.2, -0.15) is 0 Å². The predicted molar refractivity (Wildman–Crippen MR) is 89.3 cm³/mol. The van der Waals surface area contributed by atoms with Gasteiger partial charge < -0.3 is 9.84 Å². The summed E-state index contributed by atoms with van der Waals surface area (Å²) in [4.78, 5) is 0. The van der Waals surface area contributed by atoms with Crippen molar-refractivity contribution in [3.63, 3.8) is 0 Å². The Morgan fingerprint density at radius 2 is 1.86 bits per heavy atom. The highest BCUT2D eigenvalue weighted by Crippen LogP contribution is 2.26. The molecule has 118 valence electrons. The van der Waals surface area contributed by atoms with Crippen LogP contribution in [-0.2, 0) is 4.74 Å². The molecule has 1 N–H and O–H groups in total. The zero-order valence-electron chi connectivity index (χ0n) is 13.6. The van der Waals surface area contributed by atoms with E-state index in [1.807, 2.05) is 18.2 Å². The van der Waals surface area contributed by atoms with E-state index in [9.17, 15) is 5.11 Å². The minimum atomic E-state index is -0.261. The summed E-state index contributed by atoms with van der Waals surface area (Å²) in [7, 11) is 1.73. The highest BCUT2D eigenvalue weighted by molar-refractivity contribution is 5.19. The number of hydrogen-bond acceptors (Lipinski definition) is 2. The van der Waals surface area contributed by atoms with E-state index in [1.165, 1.54) is 24.8 Å². The third-order valence-electron chi connectivity index (χ3n) is 3.85. The average Bonchev–Trinajstić information content (AvgIpc) is 2.50. The SMILES string of the molecule is C=C(CC(O)CCCCCC)CC(OC)c1ccccc1. The second-order valence-electron chi connectivity index (χ2n) is 5.80. The summed E-state index contributed by atoms with van der Waals surface area (Å²) in [6, 6.07) is 10.2. The summed E-state index contributed by atoms with van der Waals surface area (Å²) in [5, 5.41) is 10.1. The minimum absolute atomic E-state index is 0.0333. The van der Waals surface area contributed by atoms with E-state index in [4.69, 9.17) is 4.74 Å². The van der Waals surface area contributed by atoms with Crippen molar-refractivity contribution in [1.82, 2.24) is 0 Å². The first kappa shape index (κ1) is 17.9. The van der Waals surface area contributed by atoms with Crippen LogP contribution in [0.25, 0.3) is 0 Å². The van der Waals surface area contributed by atoms with Crippen molar-refractivity contribution < 1.29 is 9.84 Å². The smallest absolute Gasteiger partial charge is 0.0858 e. The third kappa shape index (κ3) is 7.45. The normalized spacial score (nSPS) is 13.9. The topological polar surface area (TPSA) is 29.5 Å². The van der Waals surface area contributed by atoms with Gasteiger partial charge in [0.2, 0.25) is 0 Å². The van der Waals surface area contributed by atoms with Crippen LogP contribution in [0, 0.1) is 0 Å². The number of benzene rings is 1. The molecule has 0 aliphatic rings. The molecule has 0 saturated heterocycles. The van der Waals surface area contributed by atoms with Crippen LogP contribution in [0.4, 0.5) is 0 Å². The number of methoxy groups -OCH3 is 1. The number of unbranched alkanes of at least 4 members (excludes halogenated alkanes) is 3. The Morgan fingerprint density at radius 3 is 2.48 bits per heavy atom. The Morgan fingerprint density at radius 1 is 1.14 bits per heavy atom. The Balaban J connectivity index is 2.34. The molecule has 0 aromatic heterocycles. The molecule has 0 radical (unpaired) electrons. The van der Waals surface area contributed by atoms with Gasteiger partial charge in [-0.1, -0.05) is 75.1 Å². The Bertz CT molecular complexity index is 386. The van der Waals surface area contributed by atoms with Crippen LogP contribution in [0.3, 0.4) is 0 Å². The number of ether oxygens (including phenoxy) is 1. The maximum atomic E-state index is 10.1. The van der Waals surface area contributed by atoms with Crippen molar-refractivity contribution in [2.75, 3.05) is 7.11 Å². The van der Waals surface area contributed by atoms with Crippen LogP contribution in [0.5, 0.6) is 0 Å². The molecule has 2 heteroatoms. The molecule has 0 aliphatic heterocycles. The number of aliphatic hydroxyl groups is 1. The molecule has 1 aromatic rings. The number of rotatable bonds is 11. The highest BCUT2D eigenvalue weighted by atomic mass is 16.5. The molecule has 0 fully saturated rings. The monoisotopic (exact) mass is 290 g/mol. The van der Waals surface area contributed by atoms with Crippen LogP contribution >= 0.6 is 0 Å². The Labute approximate surface area is 129 Å². The fraction of sp³-hybridized carbons (Fsp3) is 0.579. The standard InChI is InChI=1S/C19H30O2/c1-4-5-6-10-13-18(20)14-16(2)15-19(21-3)17-11-8-7-9-12-17/h7-9,11-12,18-20H,2,4-6,10,13-15H2,1,3H3. The largest absolute Gasteiger partial charge is 0.393 e. The summed E-state index contributed by atoms with van der Waals surface area (Å²) in [6.07, 6.45) is 6.91. The van der Waals surface area contributed by atoms with Gasteiger partial charge >= 0.3 is 0 Å². The molecule has 0 saturated carbocycles. The zero-order valence-corrected chi connectivity index (χ0v) is 13.6. The molecular weight excluding hydrogens is 260 g/mol. The van der Waals surface area contributed by atoms with E-state index in [-0.39, 0.29) is 12.2 Å². The molecule has 1 aromatic carbocycles. The second kappa shape index (κ2) is 10.6. The van der Waals surface area contributed by atoms with Gasteiger partial charge in [0.25, 0.3) is 0 Å². The van der Waals surface area contributed by atoms with Crippen molar-refractivity contribution in [1.29, 1.82) is 0 Å². The van der Waals surface area contributed by atoms with Gasteiger partial charge in [0.05, 0.1) is 12.2 Å². The van der Waals surface area contributed by atoms with Crippen LogP contribution in [-0.4, -0.2) is 18.3 Å². The second-order valence-corrected chi connectivity index (χ2v) is 5.80. The molecule has 0 heterocycles. The molecule has 0 bridgehead atoms. The van der Waals surface area contributed by atoms with Crippen LogP contribution in [0.1, 0.15) is 63.5 Å². The summed E-state index contributed by atoms with van der Waals surface area (Å²) >= 11 is 0. The van der Waals surface area contributed by atoms with E-state index in [1.54, 1.807) is 7.11 Å². The van der Waals surface area contributed by atoms with Gasteiger partial charge in [-0.3, -0.25) is 0 Å². The molecule has 0 spiro atoms. The van der Waals surface area contributed by atoms with Gasteiger partial charge in [-0.05, 0) is 24.8 Å². The lowest BCUT2D eigenvalue weighted by atomic mass is 9.96. The molecule has 2 unspecified atom stereocenters. The van der Waals surface area contributed by atoms with Crippen LogP contribution < -0.4 is 0 Å². The molecule has 1 rings (SSSR count). The van der Waals surface area contributed by atoms with Crippen molar-refractivity contribution in [3.05, 3.63) is 48.0 Å². The first-order chi connectivity index (χ1) is 10.2. The van der Waals surface area contributed by atoms with Gasteiger partial charge in [-0.25, -0.2) is 0 Å². The zero-order chi connectivity index (χ0) is 15.5. The minimum Gasteiger partial charge on any atom is -0.393 e. The van der Waals surface area contributed by atoms with E-state index >= 15 is 0 Å². The van der Waals surface area contributed by atoms with E-state index in [2.05, 4.69) is 25.6 Å². The molecule has 2 nitrogen and oxygen atoms in total. The van der Waals surface area contributed by atoms with Gasteiger partial charge in [0.15, 0.2) is 0 Å². The van der Waals surface area contributed by atoms with Gasteiger partial charge in [0.1, 0.15) is 0 Å². The average molecular weight is 290 g/mol. The highest BCUT2D eigenvalue weighted by Gasteiger charge is 2.14. The first-order valence-electron chi connectivity index (χ1n) is 8.09. The molecular formula is C19H30O2. The van der Waals surface area contributed by atoms with Gasteiger partial charge in [-0.15, -0.1) is 0 Å². The lowest BCUT2D eigenvalue weighted by Gasteiger charge is -2.19. The summed E-state index contributed by atoms with van der Waals surface area (Å²) in [5.74, 6) is 0. The molecule has 2 atom stereocenters. The fourth-order valence-corrected chi connectivity index (χ4v) is 2.59. The summed E-state index contributed by atoms with van der Waals surface area (Å²) in [6.45, 7) is 6.31. The van der Waals surface area contributed by atoms with Crippen LogP contribution in [0.15, 0.2) is 42.5 Å². The Hall–Kier alpha value is -1.12. The number of aliphatic hydroxyl groups excluding tert-OH is 1. The molecule has 0 aliphatic carbocycles. The lowest BCUT2D eigenvalue weighted by Crippen LogP contribution is -2.10. The van der Waals surface area contributed by atoms with Gasteiger partial charge in [0, 0.05) is 7.11 Å². The van der Waals surface area contributed by atoms with Crippen LogP contribution in [0.2, 0.25) is 0 Å². The fourth-order valence-electron chi connectivity index (χ4n) is 2.59. The quantitative estimate of drug-likeness (QED) is 0.457. The van der Waals surface area contributed by atoms with E-state index < -0.39 is 0 Å². The first-order valence-corrected chi connectivity index (χ1v) is 8.09. The summed E-state index contributed by atoms with van der Waals surface area (Å²) < 4.78 is 5.56. The lowest BCUT2D eigenvalue weighted by molar-refractivity contribution is 0.0990. The molecule has 21 heavy (non-hydrogen) atoms. The van der Waals surface area contributed by atoms with Crippen molar-refractivity contribution in [3.8, 4) is 0 Å². The predicted octanol–water partition coefficient (Wildman–Crippen LogP) is 5.04. The summed E-state index contributed by atoms with van der Waals surface area (Å²) in [5.41, 5.74) is 2.23. The number of hydrogen-bond donors (Lipinski definition) is 1. The Kier molecular flexibility index (Phi) is 9.04. The van der Waals surface area contributed by atoms with Crippen molar-refractivity contribution in [2.24, 2.45) is 0 Å². The maximum Gasteiger partial charge on any atom is 0.0858 e. The third-order valence-corrected chi connectivity index (χ3v) is 3.85. The van der Waals surface area contributed by atoms with E-state index in [0.717, 1.165) is 24.8 Å². The maximum absolute atomic E-state index is 10.1. The van der Waals surface area contributed by atoms with Crippen molar-refractivity contribution >= 4 is 0 Å². The van der Waals surface area contributed by atoms with Crippen molar-refractivity contribution in [2.45, 2.75) is 64.1 Å². The molecule has 0 amide bonds.